The van der Waals surface area contributed by atoms with Crippen LogP contribution in [0.3, 0.4) is 0 Å². The number of benzene rings is 1. The average Bonchev–Trinajstić information content (AvgIpc) is 3.02. The molecule has 0 aliphatic carbocycles. The first kappa shape index (κ1) is 19.9. The van der Waals surface area contributed by atoms with Crippen molar-refractivity contribution in [2.75, 3.05) is 31.1 Å². The van der Waals surface area contributed by atoms with Gasteiger partial charge in [0.1, 0.15) is 17.0 Å². The van der Waals surface area contributed by atoms with Crippen LogP contribution in [-0.4, -0.2) is 54.7 Å². The predicted molar refractivity (Wildman–Crippen MR) is 114 cm³/mol. The Kier molecular flexibility index (Phi) is 5.14. The molecule has 1 aromatic carbocycles. The zero-order valence-electron chi connectivity index (χ0n) is 16.5. The maximum absolute atomic E-state index is 13.0. The Hall–Kier alpha value is -2.36. The number of carbonyl (C=O) groups excluding carboxylic acids is 1. The summed E-state index contributed by atoms with van der Waals surface area (Å²) in [6.45, 7) is 7.49. The van der Waals surface area contributed by atoms with Crippen molar-refractivity contribution in [3.05, 3.63) is 46.6 Å². The number of sulfonamides is 1. The fourth-order valence-corrected chi connectivity index (χ4v) is 5.97. The van der Waals surface area contributed by atoms with Gasteiger partial charge in [0, 0.05) is 36.6 Å². The molecular weight excluding hydrogens is 408 g/mol. The first-order valence-electron chi connectivity index (χ1n) is 9.36. The van der Waals surface area contributed by atoms with Crippen LogP contribution in [0.15, 0.2) is 35.5 Å². The summed E-state index contributed by atoms with van der Waals surface area (Å²) in [6, 6.07) is 6.13. The van der Waals surface area contributed by atoms with Crippen molar-refractivity contribution < 1.29 is 13.2 Å². The molecule has 29 heavy (non-hydrogen) atoms. The van der Waals surface area contributed by atoms with E-state index in [2.05, 4.69) is 28.7 Å². The number of rotatable bonds is 4. The van der Waals surface area contributed by atoms with Crippen molar-refractivity contribution in [1.29, 1.82) is 0 Å². The van der Waals surface area contributed by atoms with E-state index in [1.165, 1.54) is 33.8 Å². The van der Waals surface area contributed by atoms with Crippen LogP contribution < -0.4 is 4.90 Å². The van der Waals surface area contributed by atoms with E-state index in [4.69, 9.17) is 0 Å². The minimum atomic E-state index is -3.59. The number of aryl methyl sites for hydroxylation is 2. The van der Waals surface area contributed by atoms with Gasteiger partial charge in [-0.2, -0.15) is 4.31 Å². The molecule has 0 atom stereocenters. The second-order valence-corrected chi connectivity index (χ2v) is 10.3. The summed E-state index contributed by atoms with van der Waals surface area (Å²) < 4.78 is 27.5. The van der Waals surface area contributed by atoms with Gasteiger partial charge in [-0.25, -0.2) is 18.4 Å². The predicted octanol–water partition coefficient (Wildman–Crippen LogP) is 3.02. The molecule has 1 saturated heterocycles. The Labute approximate surface area is 174 Å². The van der Waals surface area contributed by atoms with Crippen LogP contribution in [0, 0.1) is 13.8 Å². The number of ketones is 1. The fraction of sp³-hybridized carbons (Fsp3) is 0.350. The summed E-state index contributed by atoms with van der Waals surface area (Å²) in [4.78, 5) is 24.8. The van der Waals surface area contributed by atoms with Gasteiger partial charge in [0.25, 0.3) is 0 Å². The maximum atomic E-state index is 13.0. The summed E-state index contributed by atoms with van der Waals surface area (Å²) in [5.74, 6) is 0.789. The largest absolute Gasteiger partial charge is 0.353 e. The highest BCUT2D eigenvalue weighted by Gasteiger charge is 2.30. The van der Waals surface area contributed by atoms with E-state index in [0.717, 1.165) is 16.0 Å². The SMILES string of the molecule is CC(=O)c1ccc(S(=O)(=O)N2CCN(c3ncnc4sc(C)c(C)c34)CC2)cc1. The van der Waals surface area contributed by atoms with Crippen molar-refractivity contribution in [3.8, 4) is 0 Å². The van der Waals surface area contributed by atoms with Gasteiger partial charge in [-0.1, -0.05) is 12.1 Å². The second kappa shape index (κ2) is 7.47. The standard InChI is InChI=1S/C20H22N4O3S2/c1-13-15(3)28-20-18(13)19(21-12-22-20)23-8-10-24(11-9-23)29(26,27)17-6-4-16(5-7-17)14(2)25/h4-7,12H,8-11H2,1-3H3. The molecule has 0 saturated carbocycles. The number of hydrogen-bond donors (Lipinski definition) is 0. The maximum Gasteiger partial charge on any atom is 0.243 e. The van der Waals surface area contributed by atoms with E-state index in [9.17, 15) is 13.2 Å². The molecule has 9 heteroatoms. The number of hydrogen-bond acceptors (Lipinski definition) is 7. The van der Waals surface area contributed by atoms with E-state index in [0.29, 0.717) is 31.7 Å². The van der Waals surface area contributed by atoms with Crippen LogP contribution in [0.5, 0.6) is 0 Å². The summed E-state index contributed by atoms with van der Waals surface area (Å²) in [7, 11) is -3.59. The number of Topliss-reactive ketones (excluding diaryl/α,β-unsaturated/α-hetero) is 1. The second-order valence-electron chi connectivity index (χ2n) is 7.13. The number of fused-ring (bicyclic) bond motifs is 1. The molecule has 0 unspecified atom stereocenters. The zero-order chi connectivity index (χ0) is 20.8. The third-order valence-electron chi connectivity index (χ3n) is 5.38. The average molecular weight is 431 g/mol. The number of aromatic nitrogens is 2. The number of nitrogens with zero attached hydrogens (tertiary/aromatic N) is 4. The molecule has 1 aliphatic rings. The first-order valence-corrected chi connectivity index (χ1v) is 11.6. The van der Waals surface area contributed by atoms with Gasteiger partial charge in [-0.3, -0.25) is 4.79 Å². The lowest BCUT2D eigenvalue weighted by molar-refractivity contribution is 0.101. The topological polar surface area (TPSA) is 83.5 Å². The van der Waals surface area contributed by atoms with E-state index in [-0.39, 0.29) is 10.7 Å². The van der Waals surface area contributed by atoms with Crippen molar-refractivity contribution in [2.45, 2.75) is 25.7 Å². The number of anilines is 1. The molecule has 2 aromatic heterocycles. The summed E-state index contributed by atoms with van der Waals surface area (Å²) >= 11 is 1.65. The Bertz CT molecular complexity index is 1180. The van der Waals surface area contributed by atoms with Crippen LogP contribution in [-0.2, 0) is 10.0 Å². The van der Waals surface area contributed by atoms with Crippen LogP contribution in [0.2, 0.25) is 0 Å². The lowest BCUT2D eigenvalue weighted by Crippen LogP contribution is -2.49. The first-order chi connectivity index (χ1) is 13.8. The molecule has 0 bridgehead atoms. The summed E-state index contributed by atoms with van der Waals surface area (Å²) in [6.07, 6.45) is 1.58. The van der Waals surface area contributed by atoms with Gasteiger partial charge in [0.2, 0.25) is 10.0 Å². The van der Waals surface area contributed by atoms with Crippen LogP contribution in [0.1, 0.15) is 27.7 Å². The van der Waals surface area contributed by atoms with Crippen molar-refractivity contribution in [2.24, 2.45) is 0 Å². The quantitative estimate of drug-likeness (QED) is 0.592. The molecule has 1 fully saturated rings. The Balaban J connectivity index is 1.54. The van der Waals surface area contributed by atoms with E-state index < -0.39 is 10.0 Å². The zero-order valence-corrected chi connectivity index (χ0v) is 18.2. The van der Waals surface area contributed by atoms with Crippen molar-refractivity contribution in [1.82, 2.24) is 14.3 Å². The van der Waals surface area contributed by atoms with Gasteiger partial charge in [-0.15, -0.1) is 11.3 Å². The smallest absolute Gasteiger partial charge is 0.243 e. The molecule has 0 spiro atoms. The molecule has 7 nitrogen and oxygen atoms in total. The molecule has 3 heterocycles. The van der Waals surface area contributed by atoms with E-state index >= 15 is 0 Å². The van der Waals surface area contributed by atoms with Gasteiger partial charge in [0.15, 0.2) is 5.78 Å². The Morgan fingerprint density at radius 1 is 1.03 bits per heavy atom. The molecule has 152 valence electrons. The molecular formula is C20H22N4O3S2. The van der Waals surface area contributed by atoms with Crippen LogP contribution >= 0.6 is 11.3 Å². The highest BCUT2D eigenvalue weighted by Crippen LogP contribution is 2.34. The van der Waals surface area contributed by atoms with Gasteiger partial charge in [0.05, 0.1) is 10.3 Å². The monoisotopic (exact) mass is 430 g/mol. The molecule has 4 rings (SSSR count). The molecule has 0 radical (unpaired) electrons. The van der Waals surface area contributed by atoms with Gasteiger partial charge in [-0.05, 0) is 38.5 Å². The van der Waals surface area contributed by atoms with Gasteiger partial charge >= 0.3 is 0 Å². The highest BCUT2D eigenvalue weighted by molar-refractivity contribution is 7.89. The molecule has 3 aromatic rings. The highest BCUT2D eigenvalue weighted by atomic mass is 32.2. The normalized spacial score (nSPS) is 15.8. The van der Waals surface area contributed by atoms with Crippen LogP contribution in [0.25, 0.3) is 10.2 Å². The number of piperazine rings is 1. The third-order valence-corrected chi connectivity index (χ3v) is 8.41. The Morgan fingerprint density at radius 3 is 2.31 bits per heavy atom. The van der Waals surface area contributed by atoms with Crippen LogP contribution in [0.4, 0.5) is 5.82 Å². The summed E-state index contributed by atoms with van der Waals surface area (Å²) in [5.41, 5.74) is 1.68. The number of thiophene rings is 1. The van der Waals surface area contributed by atoms with E-state index in [1.807, 2.05) is 0 Å². The lowest BCUT2D eigenvalue weighted by atomic mass is 10.2. The van der Waals surface area contributed by atoms with E-state index in [1.54, 1.807) is 29.8 Å². The molecule has 1 aliphatic heterocycles. The number of carbonyl (C=O) groups is 1. The third kappa shape index (κ3) is 3.54. The molecule has 0 amide bonds. The van der Waals surface area contributed by atoms with Crippen molar-refractivity contribution >= 4 is 43.2 Å². The Morgan fingerprint density at radius 2 is 1.69 bits per heavy atom. The fourth-order valence-electron chi connectivity index (χ4n) is 3.55. The van der Waals surface area contributed by atoms with Gasteiger partial charge < -0.3 is 4.90 Å². The van der Waals surface area contributed by atoms with Crippen molar-refractivity contribution in [3.63, 3.8) is 0 Å². The molecule has 0 N–H and O–H groups in total. The summed E-state index contributed by atoms with van der Waals surface area (Å²) in [5, 5.41) is 1.06. The minimum absolute atomic E-state index is 0.0855. The minimum Gasteiger partial charge on any atom is -0.353 e. The lowest BCUT2D eigenvalue weighted by Gasteiger charge is -2.35.